The van der Waals surface area contributed by atoms with E-state index in [0.717, 1.165) is 57.8 Å². The summed E-state index contributed by atoms with van der Waals surface area (Å²) in [5, 5.41) is 7.09. The number of rotatable bonds is 7. The van der Waals surface area contributed by atoms with Crippen LogP contribution in [0.2, 0.25) is 0 Å². The molecule has 2 fully saturated rings. The average Bonchev–Trinajstić information content (AvgIpc) is 2.75. The maximum atomic E-state index is 5.48. The Morgan fingerprint density at radius 2 is 1.87 bits per heavy atom. The molecule has 1 unspecified atom stereocenters. The van der Waals surface area contributed by atoms with Crippen molar-refractivity contribution < 1.29 is 4.74 Å². The zero-order chi connectivity index (χ0) is 21.4. The highest BCUT2D eigenvalue weighted by atomic mass is 16.5. The molecule has 0 amide bonds. The first kappa shape index (κ1) is 23.0. The maximum Gasteiger partial charge on any atom is 0.191 e. The smallest absolute Gasteiger partial charge is 0.191 e. The fourth-order valence-corrected chi connectivity index (χ4v) is 4.43. The van der Waals surface area contributed by atoms with E-state index in [-0.39, 0.29) is 5.54 Å². The molecule has 30 heavy (non-hydrogen) atoms. The molecule has 6 nitrogen and oxygen atoms in total. The summed E-state index contributed by atoms with van der Waals surface area (Å²) < 4.78 is 5.48. The summed E-state index contributed by atoms with van der Waals surface area (Å²) in [4.78, 5) is 9.55. The van der Waals surface area contributed by atoms with Crippen LogP contribution in [0.5, 0.6) is 0 Å². The van der Waals surface area contributed by atoms with Gasteiger partial charge in [-0.15, -0.1) is 0 Å². The van der Waals surface area contributed by atoms with E-state index in [1.807, 2.05) is 7.05 Å². The average molecular weight is 416 g/mol. The van der Waals surface area contributed by atoms with Crippen LogP contribution in [-0.2, 0) is 17.8 Å². The Morgan fingerprint density at radius 3 is 2.57 bits per heavy atom. The van der Waals surface area contributed by atoms with Crippen LogP contribution in [0.4, 0.5) is 0 Å². The van der Waals surface area contributed by atoms with E-state index < -0.39 is 0 Å². The quantitative estimate of drug-likeness (QED) is 0.530. The molecule has 0 spiro atoms. The minimum atomic E-state index is 0.112. The normalized spacial score (nSPS) is 22.1. The molecule has 6 heteroatoms. The third-order valence-corrected chi connectivity index (χ3v) is 6.49. The molecule has 2 heterocycles. The predicted molar refractivity (Wildman–Crippen MR) is 125 cm³/mol. The molecular weight excluding hydrogens is 374 g/mol. The Morgan fingerprint density at radius 1 is 1.13 bits per heavy atom. The molecule has 2 saturated heterocycles. The number of aliphatic imine (C=N–C) groups is 1. The molecule has 2 N–H and O–H groups in total. The molecule has 0 aliphatic carbocycles. The van der Waals surface area contributed by atoms with E-state index in [4.69, 9.17) is 4.74 Å². The van der Waals surface area contributed by atoms with Crippen LogP contribution in [0.1, 0.15) is 44.7 Å². The highest BCUT2D eigenvalue weighted by molar-refractivity contribution is 5.79. The minimum absolute atomic E-state index is 0.112. The van der Waals surface area contributed by atoms with Crippen molar-refractivity contribution in [2.24, 2.45) is 10.9 Å². The Kier molecular flexibility index (Phi) is 8.54. The molecule has 0 radical (unpaired) electrons. The van der Waals surface area contributed by atoms with Gasteiger partial charge in [-0.1, -0.05) is 31.2 Å². The molecule has 2 aliphatic rings. The molecule has 0 aromatic heterocycles. The van der Waals surface area contributed by atoms with Crippen LogP contribution >= 0.6 is 0 Å². The third kappa shape index (κ3) is 6.69. The van der Waals surface area contributed by atoms with Gasteiger partial charge in [0.1, 0.15) is 0 Å². The van der Waals surface area contributed by atoms with Crippen LogP contribution < -0.4 is 10.6 Å². The second-order valence-electron chi connectivity index (χ2n) is 9.44. The van der Waals surface area contributed by atoms with E-state index in [2.05, 4.69) is 70.5 Å². The fourth-order valence-electron chi connectivity index (χ4n) is 4.43. The Hall–Kier alpha value is -1.63. The van der Waals surface area contributed by atoms with Crippen molar-refractivity contribution in [3.8, 4) is 0 Å². The number of ether oxygens (including phenoxy) is 1. The van der Waals surface area contributed by atoms with Gasteiger partial charge in [0.05, 0.1) is 13.2 Å². The van der Waals surface area contributed by atoms with Gasteiger partial charge in [0.25, 0.3) is 0 Å². The summed E-state index contributed by atoms with van der Waals surface area (Å²) in [6, 6.07) is 8.71. The molecule has 0 bridgehead atoms. The van der Waals surface area contributed by atoms with Gasteiger partial charge in [-0.25, -0.2) is 0 Å². The van der Waals surface area contributed by atoms with E-state index in [0.29, 0.717) is 0 Å². The minimum Gasteiger partial charge on any atom is -0.379 e. The zero-order valence-electron chi connectivity index (χ0n) is 19.4. The molecule has 0 saturated carbocycles. The molecular formula is C24H41N5O. The Balaban J connectivity index is 1.51. The number of morpholine rings is 1. The van der Waals surface area contributed by atoms with Crippen LogP contribution in [0.3, 0.4) is 0 Å². The summed E-state index contributed by atoms with van der Waals surface area (Å²) >= 11 is 0. The number of hydrogen-bond donors (Lipinski definition) is 2. The number of nitrogens with one attached hydrogen (secondary N) is 2. The lowest BCUT2D eigenvalue weighted by Crippen LogP contribution is -2.55. The monoisotopic (exact) mass is 415 g/mol. The second-order valence-corrected chi connectivity index (χ2v) is 9.44. The summed E-state index contributed by atoms with van der Waals surface area (Å²) in [6.45, 7) is 15.8. The highest BCUT2D eigenvalue weighted by Gasteiger charge is 2.30. The van der Waals surface area contributed by atoms with Crippen molar-refractivity contribution >= 4 is 5.96 Å². The first-order chi connectivity index (χ1) is 14.5. The van der Waals surface area contributed by atoms with Gasteiger partial charge >= 0.3 is 0 Å². The van der Waals surface area contributed by atoms with Crippen molar-refractivity contribution in [3.63, 3.8) is 0 Å². The van der Waals surface area contributed by atoms with Crippen molar-refractivity contribution in [2.75, 3.05) is 53.0 Å². The van der Waals surface area contributed by atoms with Gasteiger partial charge in [-0.05, 0) is 50.3 Å². The maximum absolute atomic E-state index is 5.48. The standard InChI is InChI=1S/C24H41N5O/c1-20-8-7-11-29(17-20)24(2,3)19-27-23(25-4)26-16-21-9-5-6-10-22(21)18-28-12-14-30-15-13-28/h5-6,9-10,20H,7-8,11-19H2,1-4H3,(H2,25,26,27). The van der Waals surface area contributed by atoms with E-state index in [9.17, 15) is 0 Å². The molecule has 1 aromatic rings. The van der Waals surface area contributed by atoms with Gasteiger partial charge in [0.15, 0.2) is 5.96 Å². The van der Waals surface area contributed by atoms with Crippen molar-refractivity contribution in [1.82, 2.24) is 20.4 Å². The SMILES string of the molecule is CN=C(NCc1ccccc1CN1CCOCC1)NCC(C)(C)N1CCCC(C)C1. The van der Waals surface area contributed by atoms with Gasteiger partial charge < -0.3 is 15.4 Å². The van der Waals surface area contributed by atoms with Gasteiger partial charge in [0.2, 0.25) is 0 Å². The van der Waals surface area contributed by atoms with Crippen molar-refractivity contribution in [1.29, 1.82) is 0 Å². The Bertz CT molecular complexity index is 684. The molecule has 168 valence electrons. The topological polar surface area (TPSA) is 52.1 Å². The number of piperidine rings is 1. The van der Waals surface area contributed by atoms with Crippen LogP contribution in [0, 0.1) is 5.92 Å². The first-order valence-electron chi connectivity index (χ1n) is 11.5. The van der Waals surface area contributed by atoms with E-state index in [1.165, 1.54) is 37.1 Å². The first-order valence-corrected chi connectivity index (χ1v) is 11.5. The lowest BCUT2D eigenvalue weighted by atomic mass is 9.93. The van der Waals surface area contributed by atoms with Crippen LogP contribution in [0.25, 0.3) is 0 Å². The molecule has 2 aliphatic heterocycles. The molecule has 1 atom stereocenters. The van der Waals surface area contributed by atoms with E-state index >= 15 is 0 Å². The summed E-state index contributed by atoms with van der Waals surface area (Å²) in [5.74, 6) is 1.66. The molecule has 3 rings (SSSR count). The number of hydrogen-bond acceptors (Lipinski definition) is 4. The highest BCUT2D eigenvalue weighted by Crippen LogP contribution is 2.23. The van der Waals surface area contributed by atoms with Gasteiger partial charge in [-0.2, -0.15) is 0 Å². The van der Waals surface area contributed by atoms with Crippen molar-refractivity contribution in [3.05, 3.63) is 35.4 Å². The zero-order valence-corrected chi connectivity index (χ0v) is 19.4. The van der Waals surface area contributed by atoms with Gasteiger partial charge in [-0.3, -0.25) is 14.8 Å². The fraction of sp³-hybridized carbons (Fsp3) is 0.708. The predicted octanol–water partition coefficient (Wildman–Crippen LogP) is 2.69. The van der Waals surface area contributed by atoms with Crippen molar-refractivity contribution in [2.45, 2.75) is 52.2 Å². The third-order valence-electron chi connectivity index (χ3n) is 6.49. The number of benzene rings is 1. The summed E-state index contributed by atoms with van der Waals surface area (Å²) in [7, 11) is 1.85. The molecule has 1 aromatic carbocycles. The Labute approximate surface area is 183 Å². The lowest BCUT2D eigenvalue weighted by molar-refractivity contribution is 0.0341. The van der Waals surface area contributed by atoms with Gasteiger partial charge in [0, 0.05) is 51.9 Å². The van der Waals surface area contributed by atoms with E-state index in [1.54, 1.807) is 0 Å². The largest absolute Gasteiger partial charge is 0.379 e. The lowest BCUT2D eigenvalue weighted by Gasteiger charge is -2.43. The number of nitrogens with zero attached hydrogens (tertiary/aromatic N) is 3. The van der Waals surface area contributed by atoms with Crippen LogP contribution in [-0.4, -0.2) is 74.3 Å². The number of guanidine groups is 1. The summed E-state index contributed by atoms with van der Waals surface area (Å²) in [6.07, 6.45) is 2.66. The number of likely N-dealkylation sites (tertiary alicyclic amines) is 1. The second kappa shape index (κ2) is 11.1. The van der Waals surface area contributed by atoms with Crippen LogP contribution in [0.15, 0.2) is 29.3 Å². The summed E-state index contributed by atoms with van der Waals surface area (Å²) in [5.41, 5.74) is 2.82.